The lowest BCUT2D eigenvalue weighted by Gasteiger charge is -2.19. The van der Waals surface area contributed by atoms with Crippen LogP contribution in [0.3, 0.4) is 0 Å². The highest BCUT2D eigenvalue weighted by molar-refractivity contribution is 6.13. The molecule has 0 spiro atoms. The molecule has 9 heteroatoms. The average molecular weight is 318 g/mol. The third-order valence-corrected chi connectivity index (χ3v) is 4.79. The van der Waals surface area contributed by atoms with E-state index in [1.54, 1.807) is 22.8 Å². The lowest BCUT2D eigenvalue weighted by Crippen LogP contribution is -2.30. The maximum absolute atomic E-state index is 10.4. The lowest BCUT2D eigenvalue weighted by molar-refractivity contribution is -0.00365. The molecule has 0 radical (unpaired) electrons. The first-order valence-corrected chi connectivity index (χ1v) is 7.43. The third kappa shape index (κ3) is 1.87. The van der Waals surface area contributed by atoms with Crippen LogP contribution in [0.5, 0.6) is 0 Å². The molecule has 0 amide bonds. The molecule has 2 aromatic heterocycles. The number of aliphatic hydroxyl groups excluding tert-OH is 3. The Kier molecular flexibility index (Phi) is 3.05. The predicted molar refractivity (Wildman–Crippen MR) is 82.9 cm³/mol. The van der Waals surface area contributed by atoms with Crippen molar-refractivity contribution in [3.63, 3.8) is 0 Å². The van der Waals surface area contributed by atoms with Crippen LogP contribution in [-0.4, -0.2) is 61.6 Å². The molecule has 4 unspecified atom stereocenters. The maximum Gasteiger partial charge on any atom is 0.162 e. The molecule has 9 nitrogen and oxygen atoms in total. The fourth-order valence-electron chi connectivity index (χ4n) is 3.58. The van der Waals surface area contributed by atoms with Crippen molar-refractivity contribution in [2.24, 2.45) is 16.8 Å². The number of hydrogen-bond acceptors (Lipinski definition) is 8. The zero-order valence-corrected chi connectivity index (χ0v) is 12.5. The summed E-state index contributed by atoms with van der Waals surface area (Å²) >= 11 is 0. The van der Waals surface area contributed by atoms with E-state index in [-0.39, 0.29) is 12.5 Å². The molecular weight excluding hydrogens is 300 g/mol. The Morgan fingerprint density at radius 3 is 2.78 bits per heavy atom. The molecule has 2 aromatic rings. The van der Waals surface area contributed by atoms with E-state index in [9.17, 15) is 15.3 Å². The second kappa shape index (κ2) is 4.88. The van der Waals surface area contributed by atoms with Crippen LogP contribution >= 0.6 is 0 Å². The predicted octanol–water partition coefficient (Wildman–Crippen LogP) is -1.22. The summed E-state index contributed by atoms with van der Waals surface area (Å²) in [6.45, 7) is -0.173. The molecule has 0 bridgehead atoms. The maximum atomic E-state index is 10.4. The molecule has 2 aliphatic rings. The largest absolute Gasteiger partial charge is 0.396 e. The topological polar surface area (TPSA) is 133 Å². The molecule has 122 valence electrons. The van der Waals surface area contributed by atoms with Crippen molar-refractivity contribution in [3.8, 4) is 0 Å². The SMILES string of the molecule is CN1N=C(N)c2cn(C3CC(CO)C(O)C3O)c3ncnc1c23. The van der Waals surface area contributed by atoms with Gasteiger partial charge in [-0.05, 0) is 6.42 Å². The molecule has 4 atom stereocenters. The first-order valence-electron chi connectivity index (χ1n) is 7.43. The number of aromatic nitrogens is 3. The van der Waals surface area contributed by atoms with Gasteiger partial charge in [0, 0.05) is 31.3 Å². The second-order valence-corrected chi connectivity index (χ2v) is 6.08. The highest BCUT2D eigenvalue weighted by atomic mass is 16.3. The van der Waals surface area contributed by atoms with Gasteiger partial charge >= 0.3 is 0 Å². The van der Waals surface area contributed by atoms with Crippen molar-refractivity contribution in [1.29, 1.82) is 0 Å². The summed E-state index contributed by atoms with van der Waals surface area (Å²) in [4.78, 5) is 8.57. The molecule has 0 saturated heterocycles. The number of nitrogens with zero attached hydrogens (tertiary/aromatic N) is 5. The van der Waals surface area contributed by atoms with E-state index < -0.39 is 18.2 Å². The normalized spacial score (nSPS) is 30.1. The fraction of sp³-hybridized carbons (Fsp3) is 0.500. The van der Waals surface area contributed by atoms with Gasteiger partial charge < -0.3 is 25.6 Å². The second-order valence-electron chi connectivity index (χ2n) is 6.08. The van der Waals surface area contributed by atoms with Crippen molar-refractivity contribution in [1.82, 2.24) is 14.5 Å². The molecule has 1 fully saturated rings. The molecule has 1 aliphatic heterocycles. The van der Waals surface area contributed by atoms with E-state index in [4.69, 9.17) is 5.73 Å². The van der Waals surface area contributed by atoms with Crippen LogP contribution in [0.25, 0.3) is 11.0 Å². The van der Waals surface area contributed by atoms with Crippen LogP contribution in [-0.2, 0) is 0 Å². The van der Waals surface area contributed by atoms with E-state index in [1.165, 1.54) is 6.33 Å². The standard InChI is InChI=1S/C14H18N6O3/c1-19-13-9-7(12(15)18-19)3-20(14(9)17-5-16-13)8-2-6(4-21)10(22)11(8)23/h3,5-6,8,10-11,21-23H,2,4H2,1H3,(H2,15,18). The van der Waals surface area contributed by atoms with Crippen molar-refractivity contribution >= 4 is 22.7 Å². The molecular formula is C14H18N6O3. The number of hydrogen-bond donors (Lipinski definition) is 4. The monoisotopic (exact) mass is 318 g/mol. The van der Waals surface area contributed by atoms with Gasteiger partial charge in [0.2, 0.25) is 0 Å². The number of nitrogens with two attached hydrogens (primary N) is 1. The number of hydrazone groups is 1. The minimum Gasteiger partial charge on any atom is -0.396 e. The van der Waals surface area contributed by atoms with E-state index in [0.29, 0.717) is 29.3 Å². The van der Waals surface area contributed by atoms with Crippen LogP contribution in [0.15, 0.2) is 17.6 Å². The molecule has 1 aliphatic carbocycles. The Bertz CT molecular complexity index is 803. The minimum atomic E-state index is -0.981. The van der Waals surface area contributed by atoms with Crippen molar-refractivity contribution in [3.05, 3.63) is 18.1 Å². The van der Waals surface area contributed by atoms with Crippen LogP contribution in [0.1, 0.15) is 18.0 Å². The van der Waals surface area contributed by atoms with Crippen LogP contribution in [0.2, 0.25) is 0 Å². The minimum absolute atomic E-state index is 0.173. The Balaban J connectivity index is 1.89. The Labute approximate surface area is 131 Å². The molecule has 1 saturated carbocycles. The van der Waals surface area contributed by atoms with Gasteiger partial charge in [0.15, 0.2) is 11.7 Å². The van der Waals surface area contributed by atoms with Crippen molar-refractivity contribution in [2.45, 2.75) is 24.7 Å². The average Bonchev–Trinajstić information content (AvgIpc) is 3.05. The molecule has 3 heterocycles. The van der Waals surface area contributed by atoms with E-state index in [2.05, 4.69) is 15.1 Å². The summed E-state index contributed by atoms with van der Waals surface area (Å²) in [6.07, 6.45) is 1.73. The van der Waals surface area contributed by atoms with Gasteiger partial charge in [-0.15, -0.1) is 0 Å². The Morgan fingerprint density at radius 1 is 1.30 bits per heavy atom. The van der Waals surface area contributed by atoms with Crippen molar-refractivity contribution < 1.29 is 15.3 Å². The fourth-order valence-corrected chi connectivity index (χ4v) is 3.58. The van der Waals surface area contributed by atoms with Gasteiger partial charge in [0.1, 0.15) is 18.1 Å². The summed E-state index contributed by atoms with van der Waals surface area (Å²) in [5, 5.41) is 36.4. The third-order valence-electron chi connectivity index (χ3n) is 4.79. The first-order chi connectivity index (χ1) is 11.0. The molecule has 4 rings (SSSR count). The lowest BCUT2D eigenvalue weighted by atomic mass is 10.1. The van der Waals surface area contributed by atoms with E-state index in [0.717, 1.165) is 5.39 Å². The summed E-state index contributed by atoms with van der Waals surface area (Å²) in [5.74, 6) is 0.631. The van der Waals surface area contributed by atoms with E-state index >= 15 is 0 Å². The van der Waals surface area contributed by atoms with Crippen LogP contribution in [0, 0.1) is 5.92 Å². The zero-order valence-electron chi connectivity index (χ0n) is 12.5. The summed E-state index contributed by atoms with van der Waals surface area (Å²) in [7, 11) is 1.75. The molecule has 0 aromatic carbocycles. The highest BCUT2D eigenvalue weighted by Crippen LogP contribution is 2.39. The van der Waals surface area contributed by atoms with Gasteiger partial charge in [0.05, 0.1) is 17.5 Å². The highest BCUT2D eigenvalue weighted by Gasteiger charge is 2.43. The zero-order chi connectivity index (χ0) is 16.3. The van der Waals surface area contributed by atoms with Gasteiger partial charge in [0.25, 0.3) is 0 Å². The molecule has 5 N–H and O–H groups in total. The summed E-state index contributed by atoms with van der Waals surface area (Å²) < 4.78 is 1.81. The van der Waals surface area contributed by atoms with Gasteiger partial charge in [-0.2, -0.15) is 5.10 Å². The Hall–Kier alpha value is -2.23. The number of amidine groups is 1. The van der Waals surface area contributed by atoms with Crippen LogP contribution < -0.4 is 10.7 Å². The van der Waals surface area contributed by atoms with Crippen molar-refractivity contribution in [2.75, 3.05) is 18.7 Å². The van der Waals surface area contributed by atoms with E-state index in [1.807, 2.05) is 0 Å². The Morgan fingerprint density at radius 2 is 2.09 bits per heavy atom. The van der Waals surface area contributed by atoms with Gasteiger partial charge in [-0.3, -0.25) is 0 Å². The molecule has 23 heavy (non-hydrogen) atoms. The number of anilines is 1. The van der Waals surface area contributed by atoms with Crippen LogP contribution in [0.4, 0.5) is 5.82 Å². The first kappa shape index (κ1) is 14.4. The smallest absolute Gasteiger partial charge is 0.162 e. The summed E-state index contributed by atoms with van der Waals surface area (Å²) in [6, 6.07) is -0.391. The van der Waals surface area contributed by atoms with Gasteiger partial charge in [-0.25, -0.2) is 15.0 Å². The quantitative estimate of drug-likeness (QED) is 0.545. The van der Waals surface area contributed by atoms with Gasteiger partial charge in [-0.1, -0.05) is 0 Å². The number of aliphatic hydroxyl groups is 3. The number of rotatable bonds is 2. The summed E-state index contributed by atoms with van der Waals surface area (Å²) in [5.41, 5.74) is 7.35.